The van der Waals surface area contributed by atoms with Crippen LogP contribution in [0.4, 0.5) is 14.9 Å². The Balaban J connectivity index is 1.96. The van der Waals surface area contributed by atoms with Crippen molar-refractivity contribution >= 4 is 11.7 Å². The fourth-order valence-electron chi connectivity index (χ4n) is 2.01. The molecule has 6 heteroatoms. The summed E-state index contributed by atoms with van der Waals surface area (Å²) in [4.78, 5) is 12.0. The average Bonchev–Trinajstić information content (AvgIpc) is 2.56. The molecular weight excluding hydrogens is 299 g/mol. The summed E-state index contributed by atoms with van der Waals surface area (Å²) in [6, 6.07) is 11.0. The van der Waals surface area contributed by atoms with Gasteiger partial charge in [0.05, 0.1) is 19.4 Å². The first-order valence-corrected chi connectivity index (χ1v) is 7.22. The van der Waals surface area contributed by atoms with Crippen LogP contribution in [0.2, 0.25) is 0 Å². The molecule has 0 atom stereocenters. The van der Waals surface area contributed by atoms with Gasteiger partial charge in [-0.2, -0.15) is 0 Å². The summed E-state index contributed by atoms with van der Waals surface area (Å²) in [6.45, 7) is 2.51. The molecule has 0 radical (unpaired) electrons. The second kappa shape index (κ2) is 8.03. The molecule has 0 heterocycles. The summed E-state index contributed by atoms with van der Waals surface area (Å²) < 4.78 is 23.7. The van der Waals surface area contributed by atoms with E-state index < -0.39 is 11.8 Å². The van der Waals surface area contributed by atoms with E-state index in [1.165, 1.54) is 18.2 Å². The molecule has 5 nitrogen and oxygen atoms in total. The number of urea groups is 1. The molecule has 2 N–H and O–H groups in total. The summed E-state index contributed by atoms with van der Waals surface area (Å²) in [5, 5.41) is 5.38. The van der Waals surface area contributed by atoms with Gasteiger partial charge in [-0.05, 0) is 36.8 Å². The van der Waals surface area contributed by atoms with Gasteiger partial charge >= 0.3 is 6.03 Å². The zero-order valence-electron chi connectivity index (χ0n) is 13.1. The number of carbonyl (C=O) groups excluding carboxylic acids is 1. The van der Waals surface area contributed by atoms with Crippen molar-refractivity contribution in [1.29, 1.82) is 0 Å². The van der Waals surface area contributed by atoms with E-state index in [0.29, 0.717) is 24.6 Å². The monoisotopic (exact) mass is 318 g/mol. The first-order valence-electron chi connectivity index (χ1n) is 7.22. The summed E-state index contributed by atoms with van der Waals surface area (Å²) in [5.74, 6) is 0.599. The summed E-state index contributed by atoms with van der Waals surface area (Å²) >= 11 is 0. The predicted octanol–water partition coefficient (Wildman–Crippen LogP) is 3.55. The van der Waals surface area contributed by atoms with Crippen molar-refractivity contribution in [3.8, 4) is 11.5 Å². The molecule has 0 spiro atoms. The van der Waals surface area contributed by atoms with Crippen LogP contribution in [0.3, 0.4) is 0 Å². The molecular formula is C17H19FN2O3. The second-order valence-corrected chi connectivity index (χ2v) is 4.73. The molecule has 0 aliphatic carbocycles. The minimum absolute atomic E-state index is 0.295. The number of methoxy groups -OCH3 is 1. The zero-order valence-corrected chi connectivity index (χ0v) is 13.1. The second-order valence-electron chi connectivity index (χ2n) is 4.73. The van der Waals surface area contributed by atoms with E-state index in [0.717, 1.165) is 11.3 Å². The maximum Gasteiger partial charge on any atom is 0.319 e. The minimum Gasteiger partial charge on any atom is -0.497 e. The molecule has 0 unspecified atom stereocenters. The third-order valence-electron chi connectivity index (χ3n) is 3.08. The Hall–Kier alpha value is -2.76. The Morgan fingerprint density at radius 2 is 2.04 bits per heavy atom. The number of halogens is 1. The molecule has 0 saturated heterocycles. The first kappa shape index (κ1) is 16.6. The van der Waals surface area contributed by atoms with Crippen molar-refractivity contribution in [2.75, 3.05) is 19.0 Å². The van der Waals surface area contributed by atoms with Crippen molar-refractivity contribution < 1.29 is 18.7 Å². The summed E-state index contributed by atoms with van der Waals surface area (Å²) in [6.07, 6.45) is 0. The fraction of sp³-hybridized carbons (Fsp3) is 0.235. The van der Waals surface area contributed by atoms with Crippen molar-refractivity contribution in [3.05, 3.63) is 53.8 Å². The zero-order chi connectivity index (χ0) is 16.7. The SMILES string of the molecule is CCOc1cc(F)ccc1NC(=O)NCc1cccc(OC)c1. The number of nitrogens with one attached hydrogen (secondary N) is 2. The largest absolute Gasteiger partial charge is 0.497 e. The minimum atomic E-state index is -0.421. The molecule has 0 fully saturated rings. The van der Waals surface area contributed by atoms with E-state index in [9.17, 15) is 9.18 Å². The van der Waals surface area contributed by atoms with Gasteiger partial charge in [0.15, 0.2) is 0 Å². The maximum atomic E-state index is 13.2. The molecule has 2 amide bonds. The Morgan fingerprint density at radius 3 is 2.78 bits per heavy atom. The van der Waals surface area contributed by atoms with E-state index in [1.54, 1.807) is 14.0 Å². The van der Waals surface area contributed by atoms with Crippen LogP contribution in [-0.2, 0) is 6.54 Å². The Labute approximate surface area is 134 Å². The Kier molecular flexibility index (Phi) is 5.80. The highest BCUT2D eigenvalue weighted by Crippen LogP contribution is 2.25. The summed E-state index contributed by atoms with van der Waals surface area (Å²) in [5.41, 5.74) is 1.32. The number of ether oxygens (including phenoxy) is 2. The van der Waals surface area contributed by atoms with E-state index in [2.05, 4.69) is 10.6 Å². The lowest BCUT2D eigenvalue weighted by atomic mass is 10.2. The highest BCUT2D eigenvalue weighted by molar-refractivity contribution is 5.90. The van der Waals surface area contributed by atoms with Crippen LogP contribution in [0.25, 0.3) is 0 Å². The third kappa shape index (κ3) is 4.88. The molecule has 122 valence electrons. The van der Waals surface area contributed by atoms with Crippen LogP contribution in [0.1, 0.15) is 12.5 Å². The molecule has 0 bridgehead atoms. The van der Waals surface area contributed by atoms with Crippen LogP contribution in [-0.4, -0.2) is 19.7 Å². The van der Waals surface area contributed by atoms with Gasteiger partial charge in [-0.3, -0.25) is 0 Å². The molecule has 2 rings (SSSR count). The van der Waals surface area contributed by atoms with Gasteiger partial charge in [-0.1, -0.05) is 12.1 Å². The van der Waals surface area contributed by atoms with E-state index in [-0.39, 0.29) is 0 Å². The maximum absolute atomic E-state index is 13.2. The van der Waals surface area contributed by atoms with Crippen LogP contribution in [0, 0.1) is 5.82 Å². The van der Waals surface area contributed by atoms with Gasteiger partial charge in [0.1, 0.15) is 17.3 Å². The number of benzene rings is 2. The topological polar surface area (TPSA) is 59.6 Å². The fourth-order valence-corrected chi connectivity index (χ4v) is 2.01. The lowest BCUT2D eigenvalue weighted by Crippen LogP contribution is -2.28. The van der Waals surface area contributed by atoms with Gasteiger partial charge in [0.25, 0.3) is 0 Å². The quantitative estimate of drug-likeness (QED) is 0.856. The smallest absolute Gasteiger partial charge is 0.319 e. The standard InChI is InChI=1S/C17H19FN2O3/c1-3-23-16-10-13(18)7-8-15(16)20-17(21)19-11-12-5-4-6-14(9-12)22-2/h4-10H,3,11H2,1-2H3,(H2,19,20,21). The predicted molar refractivity (Wildman–Crippen MR) is 86.4 cm³/mol. The van der Waals surface area contributed by atoms with Crippen molar-refractivity contribution in [2.45, 2.75) is 13.5 Å². The van der Waals surface area contributed by atoms with E-state index in [4.69, 9.17) is 9.47 Å². The van der Waals surface area contributed by atoms with Crippen molar-refractivity contribution in [1.82, 2.24) is 5.32 Å². The molecule has 23 heavy (non-hydrogen) atoms. The molecule has 0 aliphatic heterocycles. The molecule has 0 aliphatic rings. The number of anilines is 1. The summed E-state index contributed by atoms with van der Waals surface area (Å²) in [7, 11) is 1.59. The molecule has 0 saturated carbocycles. The van der Waals surface area contributed by atoms with Gasteiger partial charge in [0.2, 0.25) is 0 Å². The highest BCUT2D eigenvalue weighted by atomic mass is 19.1. The average molecular weight is 318 g/mol. The van der Waals surface area contributed by atoms with Crippen LogP contribution in [0.5, 0.6) is 11.5 Å². The number of hydrogen-bond donors (Lipinski definition) is 2. The van der Waals surface area contributed by atoms with Gasteiger partial charge in [-0.15, -0.1) is 0 Å². The Morgan fingerprint density at radius 1 is 1.22 bits per heavy atom. The molecule has 2 aromatic carbocycles. The first-order chi connectivity index (χ1) is 11.1. The van der Waals surface area contributed by atoms with E-state index in [1.807, 2.05) is 24.3 Å². The van der Waals surface area contributed by atoms with E-state index >= 15 is 0 Å². The lowest BCUT2D eigenvalue weighted by molar-refractivity contribution is 0.251. The van der Waals surface area contributed by atoms with Crippen LogP contribution in [0.15, 0.2) is 42.5 Å². The normalized spacial score (nSPS) is 10.0. The van der Waals surface area contributed by atoms with Crippen LogP contribution < -0.4 is 20.1 Å². The van der Waals surface area contributed by atoms with Crippen LogP contribution >= 0.6 is 0 Å². The number of carbonyl (C=O) groups is 1. The van der Waals surface area contributed by atoms with Crippen molar-refractivity contribution in [3.63, 3.8) is 0 Å². The molecule has 0 aromatic heterocycles. The van der Waals surface area contributed by atoms with Gasteiger partial charge in [0, 0.05) is 12.6 Å². The highest BCUT2D eigenvalue weighted by Gasteiger charge is 2.09. The van der Waals surface area contributed by atoms with Gasteiger partial charge < -0.3 is 20.1 Å². The molecule has 2 aromatic rings. The number of amides is 2. The lowest BCUT2D eigenvalue weighted by Gasteiger charge is -2.12. The Bertz CT molecular complexity index is 677. The van der Waals surface area contributed by atoms with Gasteiger partial charge in [-0.25, -0.2) is 9.18 Å². The number of hydrogen-bond acceptors (Lipinski definition) is 3. The third-order valence-corrected chi connectivity index (χ3v) is 3.08. The number of rotatable bonds is 6. The van der Waals surface area contributed by atoms with Crippen molar-refractivity contribution in [2.24, 2.45) is 0 Å².